The van der Waals surface area contributed by atoms with Gasteiger partial charge in [-0.3, -0.25) is 9.78 Å². The predicted octanol–water partition coefficient (Wildman–Crippen LogP) is 2.86. The summed E-state index contributed by atoms with van der Waals surface area (Å²) in [6.07, 6.45) is 2.75. The van der Waals surface area contributed by atoms with Gasteiger partial charge in [-0.2, -0.15) is 0 Å². The molecule has 106 valence electrons. The smallest absolute Gasteiger partial charge is 0.216 e. The van der Waals surface area contributed by atoms with Crippen LogP contribution in [0.3, 0.4) is 0 Å². The normalized spacial score (nSPS) is 10.5. The number of hydrogen-bond acceptors (Lipinski definition) is 4. The topological polar surface area (TPSA) is 51.2 Å². The average Bonchev–Trinajstić information content (AvgIpc) is 2.46. The number of ether oxygens (including phenoxy) is 1. The molecule has 0 spiro atoms. The van der Waals surface area contributed by atoms with Crippen molar-refractivity contribution in [3.05, 3.63) is 30.5 Å². The maximum Gasteiger partial charge on any atom is 0.216 e. The fraction of sp³-hybridized carbons (Fsp3) is 0.333. The summed E-state index contributed by atoms with van der Waals surface area (Å²) in [7, 11) is 1.66. The highest BCUT2D eigenvalue weighted by Crippen LogP contribution is 2.31. The molecular formula is C15H18N2O2S. The average molecular weight is 290 g/mol. The second-order valence-corrected chi connectivity index (χ2v) is 5.49. The number of carbonyl (C=O) groups excluding carboxylic acids is 1. The molecule has 0 atom stereocenters. The predicted molar refractivity (Wildman–Crippen MR) is 82.3 cm³/mol. The molecule has 1 N–H and O–H groups in total. The summed E-state index contributed by atoms with van der Waals surface area (Å²) in [4.78, 5) is 16.4. The van der Waals surface area contributed by atoms with Crippen LogP contribution in [-0.2, 0) is 4.79 Å². The van der Waals surface area contributed by atoms with Gasteiger partial charge in [0.2, 0.25) is 5.91 Å². The maximum atomic E-state index is 10.8. The van der Waals surface area contributed by atoms with Crippen molar-refractivity contribution in [2.24, 2.45) is 0 Å². The van der Waals surface area contributed by atoms with E-state index in [1.807, 2.05) is 18.2 Å². The Morgan fingerprint density at radius 3 is 3.00 bits per heavy atom. The highest BCUT2D eigenvalue weighted by atomic mass is 32.2. The summed E-state index contributed by atoms with van der Waals surface area (Å²) < 4.78 is 5.33. The van der Waals surface area contributed by atoms with Gasteiger partial charge in [0.15, 0.2) is 0 Å². The number of pyridine rings is 1. The lowest BCUT2D eigenvalue weighted by molar-refractivity contribution is -0.118. The van der Waals surface area contributed by atoms with Crippen LogP contribution in [0.15, 0.2) is 35.4 Å². The Kier molecular flexibility index (Phi) is 5.24. The van der Waals surface area contributed by atoms with Gasteiger partial charge in [-0.1, -0.05) is 12.1 Å². The summed E-state index contributed by atoms with van der Waals surface area (Å²) >= 11 is 1.77. The second kappa shape index (κ2) is 7.14. The molecule has 4 nitrogen and oxygen atoms in total. The molecular weight excluding hydrogens is 272 g/mol. The lowest BCUT2D eigenvalue weighted by Gasteiger charge is -2.08. The molecule has 1 heterocycles. The Bertz CT molecular complexity index is 601. The highest BCUT2D eigenvalue weighted by Gasteiger charge is 2.06. The van der Waals surface area contributed by atoms with E-state index in [0.717, 1.165) is 28.8 Å². The molecule has 1 aromatic heterocycles. The van der Waals surface area contributed by atoms with E-state index < -0.39 is 0 Å². The fourth-order valence-electron chi connectivity index (χ4n) is 1.93. The number of benzene rings is 1. The molecule has 0 saturated heterocycles. The Hall–Kier alpha value is -1.75. The summed E-state index contributed by atoms with van der Waals surface area (Å²) in [6.45, 7) is 2.25. The Balaban J connectivity index is 2.05. The number of nitrogens with zero attached hydrogens (tertiary/aromatic N) is 1. The number of thioether (sulfide) groups is 1. The monoisotopic (exact) mass is 290 g/mol. The van der Waals surface area contributed by atoms with Crippen molar-refractivity contribution in [1.82, 2.24) is 10.3 Å². The molecule has 1 amide bonds. The number of fused-ring (bicyclic) bond motifs is 1. The number of hydrogen-bond donors (Lipinski definition) is 1. The molecule has 0 saturated carbocycles. The van der Waals surface area contributed by atoms with E-state index in [-0.39, 0.29) is 5.91 Å². The summed E-state index contributed by atoms with van der Waals surface area (Å²) in [5, 5.41) is 3.91. The molecule has 2 rings (SSSR count). The van der Waals surface area contributed by atoms with E-state index in [0.29, 0.717) is 6.54 Å². The zero-order valence-corrected chi connectivity index (χ0v) is 12.5. The zero-order chi connectivity index (χ0) is 14.4. The van der Waals surface area contributed by atoms with Gasteiger partial charge in [-0.15, -0.1) is 11.8 Å². The van der Waals surface area contributed by atoms with E-state index in [4.69, 9.17) is 4.74 Å². The fourth-order valence-corrected chi connectivity index (χ4v) is 2.92. The van der Waals surface area contributed by atoms with Crippen LogP contribution in [-0.4, -0.2) is 30.3 Å². The molecule has 5 heteroatoms. The van der Waals surface area contributed by atoms with Crippen molar-refractivity contribution in [3.63, 3.8) is 0 Å². The first-order valence-corrected chi connectivity index (χ1v) is 7.50. The van der Waals surface area contributed by atoms with Crippen molar-refractivity contribution >= 4 is 28.6 Å². The SMILES string of the molecule is COc1cccc2c(SCCCNC(C)=O)ccnc12. The van der Waals surface area contributed by atoms with Crippen molar-refractivity contribution in [2.45, 2.75) is 18.2 Å². The van der Waals surface area contributed by atoms with Gasteiger partial charge in [-0.05, 0) is 24.3 Å². The van der Waals surface area contributed by atoms with Gasteiger partial charge in [0.05, 0.1) is 7.11 Å². The van der Waals surface area contributed by atoms with Crippen molar-refractivity contribution < 1.29 is 9.53 Å². The van der Waals surface area contributed by atoms with E-state index in [1.165, 1.54) is 11.8 Å². The molecule has 0 aliphatic carbocycles. The molecule has 0 aliphatic rings. The summed E-state index contributed by atoms with van der Waals surface area (Å²) in [5.41, 5.74) is 0.891. The van der Waals surface area contributed by atoms with Crippen LogP contribution in [0.4, 0.5) is 0 Å². The third-order valence-electron chi connectivity index (χ3n) is 2.87. The zero-order valence-electron chi connectivity index (χ0n) is 11.7. The number of aromatic nitrogens is 1. The minimum Gasteiger partial charge on any atom is -0.494 e. The van der Waals surface area contributed by atoms with E-state index in [1.54, 1.807) is 25.1 Å². The van der Waals surface area contributed by atoms with Gasteiger partial charge in [0.1, 0.15) is 11.3 Å². The number of para-hydroxylation sites is 1. The molecule has 0 aliphatic heterocycles. The minimum atomic E-state index is 0.0223. The van der Waals surface area contributed by atoms with Crippen LogP contribution in [0, 0.1) is 0 Å². The first kappa shape index (κ1) is 14.7. The van der Waals surface area contributed by atoms with Gasteiger partial charge in [0, 0.05) is 29.9 Å². The number of rotatable bonds is 6. The molecule has 0 unspecified atom stereocenters. The van der Waals surface area contributed by atoms with Gasteiger partial charge >= 0.3 is 0 Å². The quantitative estimate of drug-likeness (QED) is 0.656. The van der Waals surface area contributed by atoms with Crippen molar-refractivity contribution in [3.8, 4) is 5.75 Å². The maximum absolute atomic E-state index is 10.8. The van der Waals surface area contributed by atoms with E-state index in [2.05, 4.69) is 16.4 Å². The van der Waals surface area contributed by atoms with E-state index in [9.17, 15) is 4.79 Å². The van der Waals surface area contributed by atoms with Gasteiger partial charge in [0.25, 0.3) is 0 Å². The number of carbonyl (C=O) groups is 1. The minimum absolute atomic E-state index is 0.0223. The van der Waals surface area contributed by atoms with Crippen LogP contribution in [0.5, 0.6) is 5.75 Å². The lowest BCUT2D eigenvalue weighted by Crippen LogP contribution is -2.21. The number of methoxy groups -OCH3 is 1. The Labute approximate surface area is 122 Å². The van der Waals surface area contributed by atoms with Gasteiger partial charge < -0.3 is 10.1 Å². The van der Waals surface area contributed by atoms with Crippen LogP contribution < -0.4 is 10.1 Å². The molecule has 2 aromatic rings. The van der Waals surface area contributed by atoms with Crippen molar-refractivity contribution in [1.29, 1.82) is 0 Å². The molecule has 0 fully saturated rings. The summed E-state index contributed by atoms with van der Waals surface area (Å²) in [6, 6.07) is 7.97. The molecule has 0 bridgehead atoms. The van der Waals surface area contributed by atoms with Crippen LogP contribution in [0.2, 0.25) is 0 Å². The Morgan fingerprint density at radius 2 is 2.25 bits per heavy atom. The van der Waals surface area contributed by atoms with Crippen LogP contribution in [0.1, 0.15) is 13.3 Å². The van der Waals surface area contributed by atoms with Crippen LogP contribution in [0.25, 0.3) is 10.9 Å². The highest BCUT2D eigenvalue weighted by molar-refractivity contribution is 7.99. The standard InChI is InChI=1S/C15H18N2O2S/c1-11(18)16-8-4-10-20-14-7-9-17-15-12(14)5-3-6-13(15)19-2/h3,5-7,9H,4,8,10H2,1-2H3,(H,16,18). The lowest BCUT2D eigenvalue weighted by atomic mass is 10.2. The first-order chi connectivity index (χ1) is 9.72. The first-order valence-electron chi connectivity index (χ1n) is 6.51. The molecule has 0 radical (unpaired) electrons. The second-order valence-electron chi connectivity index (χ2n) is 4.35. The van der Waals surface area contributed by atoms with Crippen molar-refractivity contribution in [2.75, 3.05) is 19.4 Å². The number of nitrogens with one attached hydrogen (secondary N) is 1. The molecule has 20 heavy (non-hydrogen) atoms. The molecule has 1 aromatic carbocycles. The third kappa shape index (κ3) is 3.63. The number of amides is 1. The van der Waals surface area contributed by atoms with E-state index >= 15 is 0 Å². The van der Waals surface area contributed by atoms with Gasteiger partial charge in [-0.25, -0.2) is 0 Å². The third-order valence-corrected chi connectivity index (χ3v) is 4.03. The largest absolute Gasteiger partial charge is 0.494 e. The van der Waals surface area contributed by atoms with Crippen LogP contribution >= 0.6 is 11.8 Å². The Morgan fingerprint density at radius 1 is 1.40 bits per heavy atom. The summed E-state index contributed by atoms with van der Waals surface area (Å²) in [5.74, 6) is 1.77.